The molecule has 2 rings (SSSR count). The molecule has 1 aromatic heterocycles. The summed E-state index contributed by atoms with van der Waals surface area (Å²) < 4.78 is 51.0. The molecule has 0 fully saturated rings. The summed E-state index contributed by atoms with van der Waals surface area (Å²) in [6.45, 7) is 1.56. The number of benzene rings is 1. The predicted molar refractivity (Wildman–Crippen MR) is 64.6 cm³/mol. The highest BCUT2D eigenvalue weighted by Gasteiger charge is 2.34. The molecule has 2 aromatic rings. The number of aromatic nitrogens is 2. The second-order valence-corrected chi connectivity index (χ2v) is 4.36. The largest absolute Gasteiger partial charge is 0.449 e. The van der Waals surface area contributed by atoms with E-state index < -0.39 is 17.8 Å². The van der Waals surface area contributed by atoms with Crippen molar-refractivity contribution in [1.29, 1.82) is 0 Å². The molecule has 0 atom stereocenters. The van der Waals surface area contributed by atoms with E-state index in [9.17, 15) is 17.6 Å². The molecule has 1 aromatic carbocycles. The Morgan fingerprint density at radius 3 is 2.47 bits per heavy atom. The number of alkyl halides is 3. The van der Waals surface area contributed by atoms with Gasteiger partial charge in [-0.1, -0.05) is 24.4 Å². The third-order valence-electron chi connectivity index (χ3n) is 2.49. The van der Waals surface area contributed by atoms with Crippen LogP contribution in [0.25, 0.3) is 11.3 Å². The van der Waals surface area contributed by atoms with Gasteiger partial charge in [-0.05, 0) is 24.6 Å². The van der Waals surface area contributed by atoms with E-state index in [0.717, 1.165) is 6.07 Å². The number of rotatable bonds is 1. The van der Waals surface area contributed by atoms with Crippen LogP contribution in [0.2, 0.25) is 0 Å². The van der Waals surface area contributed by atoms with Crippen LogP contribution in [0.4, 0.5) is 17.6 Å². The van der Waals surface area contributed by atoms with Crippen LogP contribution in [0.15, 0.2) is 24.3 Å². The average molecular weight is 288 g/mol. The highest BCUT2D eigenvalue weighted by molar-refractivity contribution is 7.71. The van der Waals surface area contributed by atoms with Gasteiger partial charge in [0.15, 0.2) is 0 Å². The van der Waals surface area contributed by atoms with E-state index in [-0.39, 0.29) is 15.9 Å². The number of aryl methyl sites for hydroxylation is 1. The van der Waals surface area contributed by atoms with Crippen LogP contribution < -0.4 is 0 Å². The highest BCUT2D eigenvalue weighted by atomic mass is 32.1. The summed E-state index contributed by atoms with van der Waals surface area (Å²) in [6, 6.07) is 5.40. The van der Waals surface area contributed by atoms with Crippen molar-refractivity contribution in [2.45, 2.75) is 13.1 Å². The van der Waals surface area contributed by atoms with E-state index in [1.165, 1.54) is 18.2 Å². The fourth-order valence-electron chi connectivity index (χ4n) is 1.51. The standard InChI is InChI=1S/C12H8F4N2S/c1-6-2-3-7(4-8(6)13)9-5-10(19)18-11(17-9)12(14,15)16/h2-5H,1H3,(H,17,18,19). The smallest absolute Gasteiger partial charge is 0.335 e. The van der Waals surface area contributed by atoms with Crippen LogP contribution >= 0.6 is 12.2 Å². The van der Waals surface area contributed by atoms with E-state index in [0.29, 0.717) is 5.56 Å². The van der Waals surface area contributed by atoms with E-state index in [1.807, 2.05) is 0 Å². The number of halogens is 4. The molecular formula is C12H8F4N2S. The van der Waals surface area contributed by atoms with Crippen LogP contribution in [-0.2, 0) is 6.18 Å². The first-order valence-electron chi connectivity index (χ1n) is 5.22. The molecule has 0 spiro atoms. The molecular weight excluding hydrogens is 280 g/mol. The molecule has 0 aliphatic carbocycles. The Hall–Kier alpha value is -1.76. The van der Waals surface area contributed by atoms with E-state index >= 15 is 0 Å². The zero-order chi connectivity index (χ0) is 14.2. The van der Waals surface area contributed by atoms with Gasteiger partial charge in [0, 0.05) is 5.56 Å². The minimum atomic E-state index is -4.63. The van der Waals surface area contributed by atoms with Gasteiger partial charge >= 0.3 is 6.18 Å². The number of nitrogens with zero attached hydrogens (tertiary/aromatic N) is 1. The zero-order valence-corrected chi connectivity index (χ0v) is 10.5. The zero-order valence-electron chi connectivity index (χ0n) is 9.68. The van der Waals surface area contributed by atoms with Gasteiger partial charge in [0.05, 0.1) is 5.69 Å². The van der Waals surface area contributed by atoms with Crippen molar-refractivity contribution in [3.8, 4) is 11.3 Å². The lowest BCUT2D eigenvalue weighted by Crippen LogP contribution is -2.11. The third-order valence-corrected chi connectivity index (χ3v) is 2.70. The van der Waals surface area contributed by atoms with Crippen molar-refractivity contribution in [1.82, 2.24) is 9.97 Å². The summed E-state index contributed by atoms with van der Waals surface area (Å²) in [7, 11) is 0. The summed E-state index contributed by atoms with van der Waals surface area (Å²) in [5, 5.41) is 0. The summed E-state index contributed by atoms with van der Waals surface area (Å²) in [5.41, 5.74) is 0.765. The molecule has 1 heterocycles. The molecule has 19 heavy (non-hydrogen) atoms. The predicted octanol–water partition coefficient (Wildman–Crippen LogP) is 4.27. The Labute approximate surface area is 111 Å². The second-order valence-electron chi connectivity index (χ2n) is 3.94. The Balaban J connectivity index is 2.59. The van der Waals surface area contributed by atoms with Crippen LogP contribution in [0.3, 0.4) is 0 Å². The van der Waals surface area contributed by atoms with Crippen molar-refractivity contribution in [3.05, 3.63) is 46.1 Å². The van der Waals surface area contributed by atoms with Crippen molar-refractivity contribution >= 4 is 12.2 Å². The number of hydrogen-bond acceptors (Lipinski definition) is 2. The minimum Gasteiger partial charge on any atom is -0.335 e. The summed E-state index contributed by atoms with van der Waals surface area (Å²) >= 11 is 4.69. The molecule has 0 aliphatic heterocycles. The van der Waals surface area contributed by atoms with Crippen LogP contribution in [0, 0.1) is 17.4 Å². The van der Waals surface area contributed by atoms with Gasteiger partial charge in [-0.25, -0.2) is 9.37 Å². The topological polar surface area (TPSA) is 28.7 Å². The van der Waals surface area contributed by atoms with Gasteiger partial charge in [0.2, 0.25) is 5.82 Å². The van der Waals surface area contributed by atoms with Crippen molar-refractivity contribution < 1.29 is 17.6 Å². The molecule has 0 saturated heterocycles. The monoisotopic (exact) mass is 288 g/mol. The SMILES string of the molecule is Cc1ccc(-c2cc(=S)nc(C(F)(F)F)[nH]2)cc1F. The van der Waals surface area contributed by atoms with Gasteiger partial charge in [0.1, 0.15) is 10.5 Å². The lowest BCUT2D eigenvalue weighted by Gasteiger charge is -2.09. The molecule has 100 valence electrons. The fraction of sp³-hybridized carbons (Fsp3) is 0.167. The maximum absolute atomic E-state index is 13.4. The Morgan fingerprint density at radius 2 is 1.89 bits per heavy atom. The number of aromatic amines is 1. The van der Waals surface area contributed by atoms with Crippen molar-refractivity contribution in [2.24, 2.45) is 0 Å². The number of hydrogen-bond donors (Lipinski definition) is 1. The van der Waals surface area contributed by atoms with Gasteiger partial charge < -0.3 is 4.98 Å². The highest BCUT2D eigenvalue weighted by Crippen LogP contribution is 2.28. The van der Waals surface area contributed by atoms with Gasteiger partial charge in [-0.2, -0.15) is 13.2 Å². The first-order chi connectivity index (χ1) is 8.77. The molecule has 0 amide bonds. The Morgan fingerprint density at radius 1 is 1.21 bits per heavy atom. The first kappa shape index (κ1) is 13.7. The summed E-state index contributed by atoms with van der Waals surface area (Å²) in [5.74, 6) is -1.70. The maximum Gasteiger partial charge on any atom is 0.449 e. The molecule has 0 unspecified atom stereocenters. The quantitative estimate of drug-likeness (QED) is 0.627. The third kappa shape index (κ3) is 2.98. The minimum absolute atomic E-state index is 0.0752. The summed E-state index contributed by atoms with van der Waals surface area (Å²) in [4.78, 5) is 5.33. The lowest BCUT2D eigenvalue weighted by molar-refractivity contribution is -0.144. The first-order valence-corrected chi connectivity index (χ1v) is 5.63. The average Bonchev–Trinajstić information content (AvgIpc) is 2.31. The number of H-pyrrole nitrogens is 1. The second kappa shape index (κ2) is 4.73. The normalized spacial score (nSPS) is 11.6. The van der Waals surface area contributed by atoms with Crippen LogP contribution in [-0.4, -0.2) is 9.97 Å². The molecule has 0 radical (unpaired) electrons. The van der Waals surface area contributed by atoms with E-state index in [4.69, 9.17) is 0 Å². The maximum atomic E-state index is 13.4. The molecule has 0 saturated carbocycles. The summed E-state index contributed by atoms with van der Waals surface area (Å²) in [6.07, 6.45) is -4.63. The molecule has 0 bridgehead atoms. The van der Waals surface area contributed by atoms with E-state index in [2.05, 4.69) is 22.2 Å². The molecule has 1 N–H and O–H groups in total. The molecule has 2 nitrogen and oxygen atoms in total. The van der Waals surface area contributed by atoms with Crippen molar-refractivity contribution in [3.63, 3.8) is 0 Å². The van der Waals surface area contributed by atoms with Gasteiger partial charge in [-0.3, -0.25) is 0 Å². The molecule has 7 heteroatoms. The van der Waals surface area contributed by atoms with Gasteiger partial charge in [0.25, 0.3) is 0 Å². The van der Waals surface area contributed by atoms with Gasteiger partial charge in [-0.15, -0.1) is 0 Å². The lowest BCUT2D eigenvalue weighted by atomic mass is 10.1. The van der Waals surface area contributed by atoms with Crippen LogP contribution in [0.1, 0.15) is 11.4 Å². The number of nitrogens with one attached hydrogen (secondary N) is 1. The fourth-order valence-corrected chi connectivity index (χ4v) is 1.72. The Kier molecular flexibility index (Phi) is 3.40. The van der Waals surface area contributed by atoms with E-state index in [1.54, 1.807) is 6.92 Å². The van der Waals surface area contributed by atoms with Crippen molar-refractivity contribution in [2.75, 3.05) is 0 Å². The van der Waals surface area contributed by atoms with Crippen LogP contribution in [0.5, 0.6) is 0 Å². The Bertz CT molecular complexity index is 676. The molecule has 0 aliphatic rings.